The molecule has 0 aromatic heterocycles. The number of carboxylic acid groups (broad SMARTS) is 1. The first-order valence-corrected chi connectivity index (χ1v) is 6.28. The molecule has 1 amide bonds. The van der Waals surface area contributed by atoms with Crippen LogP contribution in [-0.4, -0.2) is 36.2 Å². The van der Waals surface area contributed by atoms with E-state index in [0.29, 0.717) is 19.4 Å². The van der Waals surface area contributed by atoms with Crippen LogP contribution < -0.4 is 5.32 Å². The summed E-state index contributed by atoms with van der Waals surface area (Å²) < 4.78 is 5.54. The van der Waals surface area contributed by atoms with Crippen molar-refractivity contribution in [2.75, 3.05) is 13.2 Å². The molecule has 2 fully saturated rings. The van der Waals surface area contributed by atoms with Crippen molar-refractivity contribution in [1.82, 2.24) is 5.32 Å². The van der Waals surface area contributed by atoms with Gasteiger partial charge in [0.2, 0.25) is 5.91 Å². The smallest absolute Gasteiger partial charge is 0.319 e. The summed E-state index contributed by atoms with van der Waals surface area (Å²) in [6.07, 6.45) is 5.27. The summed E-state index contributed by atoms with van der Waals surface area (Å²) in [5.41, 5.74) is -1.12. The van der Waals surface area contributed by atoms with Crippen LogP contribution >= 0.6 is 0 Å². The van der Waals surface area contributed by atoms with Crippen molar-refractivity contribution in [3.05, 3.63) is 0 Å². The minimum absolute atomic E-state index is 0.226. The van der Waals surface area contributed by atoms with Crippen LogP contribution in [0.15, 0.2) is 0 Å². The predicted octanol–water partition coefficient (Wildman–Crippen LogP) is 0.927. The maximum absolute atomic E-state index is 11.7. The Labute approximate surface area is 101 Å². The number of aliphatic carboxylic acids is 1. The summed E-state index contributed by atoms with van der Waals surface area (Å²) in [7, 11) is 0. The molecular formula is C12H19NO4. The van der Waals surface area contributed by atoms with E-state index in [2.05, 4.69) is 5.32 Å². The highest BCUT2D eigenvalue weighted by Gasteiger charge is 2.56. The number of carboxylic acids is 1. The topological polar surface area (TPSA) is 75.6 Å². The van der Waals surface area contributed by atoms with Gasteiger partial charge in [-0.2, -0.15) is 0 Å². The van der Waals surface area contributed by atoms with Gasteiger partial charge in [-0.25, -0.2) is 0 Å². The van der Waals surface area contributed by atoms with E-state index >= 15 is 0 Å². The Bertz CT molecular complexity index is 306. The average molecular weight is 241 g/mol. The van der Waals surface area contributed by atoms with Gasteiger partial charge in [-0.15, -0.1) is 0 Å². The van der Waals surface area contributed by atoms with Gasteiger partial charge in [-0.3, -0.25) is 9.59 Å². The summed E-state index contributed by atoms with van der Waals surface area (Å²) in [5, 5.41) is 11.7. The van der Waals surface area contributed by atoms with Crippen molar-refractivity contribution in [3.63, 3.8) is 0 Å². The highest BCUT2D eigenvalue weighted by Crippen LogP contribution is 2.46. The van der Waals surface area contributed by atoms with Crippen LogP contribution in [0.25, 0.3) is 0 Å². The molecule has 1 saturated heterocycles. The van der Waals surface area contributed by atoms with Crippen molar-refractivity contribution in [2.24, 2.45) is 5.41 Å². The number of rotatable bonds is 5. The Hall–Kier alpha value is -1.10. The molecule has 0 radical (unpaired) electrons. The molecule has 1 aliphatic heterocycles. The maximum atomic E-state index is 11.7. The van der Waals surface area contributed by atoms with E-state index < -0.39 is 11.4 Å². The minimum Gasteiger partial charge on any atom is -0.480 e. The molecule has 1 atom stereocenters. The predicted molar refractivity (Wildman–Crippen MR) is 60.5 cm³/mol. The summed E-state index contributed by atoms with van der Waals surface area (Å²) in [4.78, 5) is 22.6. The summed E-state index contributed by atoms with van der Waals surface area (Å²) in [6, 6.07) is 0. The van der Waals surface area contributed by atoms with Gasteiger partial charge in [0.1, 0.15) is 5.41 Å². The zero-order chi connectivity index (χ0) is 12.3. The van der Waals surface area contributed by atoms with Crippen molar-refractivity contribution in [2.45, 2.75) is 44.6 Å². The molecule has 2 rings (SSSR count). The standard InChI is InChI=1S/C12H19NO4/c14-10(12(5-6-12)11(15)16)13-7-4-9-3-1-2-8-17-9/h9H,1-8H2,(H,13,14)(H,15,16). The Morgan fingerprint density at radius 1 is 1.35 bits per heavy atom. The van der Waals surface area contributed by atoms with Gasteiger partial charge in [0.15, 0.2) is 0 Å². The van der Waals surface area contributed by atoms with Crippen molar-refractivity contribution >= 4 is 11.9 Å². The van der Waals surface area contributed by atoms with E-state index in [9.17, 15) is 9.59 Å². The molecule has 0 aromatic rings. The molecule has 0 aromatic carbocycles. The normalized spacial score (nSPS) is 26.2. The lowest BCUT2D eigenvalue weighted by Crippen LogP contribution is -2.38. The van der Waals surface area contributed by atoms with Crippen LogP contribution in [0.3, 0.4) is 0 Å². The third kappa shape index (κ3) is 2.77. The second-order valence-electron chi connectivity index (χ2n) is 4.92. The monoisotopic (exact) mass is 241 g/mol. The second-order valence-corrected chi connectivity index (χ2v) is 4.92. The quantitative estimate of drug-likeness (QED) is 0.702. The van der Waals surface area contributed by atoms with E-state index in [1.54, 1.807) is 0 Å². The molecule has 0 spiro atoms. The molecule has 1 saturated carbocycles. The van der Waals surface area contributed by atoms with Crippen LogP contribution in [0.2, 0.25) is 0 Å². The first-order valence-electron chi connectivity index (χ1n) is 6.28. The molecule has 2 N–H and O–H groups in total. The summed E-state index contributed by atoms with van der Waals surface area (Å²) in [6.45, 7) is 1.32. The Morgan fingerprint density at radius 3 is 2.65 bits per heavy atom. The van der Waals surface area contributed by atoms with Crippen molar-refractivity contribution < 1.29 is 19.4 Å². The van der Waals surface area contributed by atoms with Gasteiger partial charge >= 0.3 is 5.97 Å². The molecule has 1 unspecified atom stereocenters. The average Bonchev–Trinajstić information content (AvgIpc) is 3.11. The van der Waals surface area contributed by atoms with Gasteiger partial charge in [0, 0.05) is 13.2 Å². The van der Waals surface area contributed by atoms with Gasteiger partial charge in [-0.05, 0) is 38.5 Å². The fraction of sp³-hybridized carbons (Fsp3) is 0.833. The Kier molecular flexibility index (Phi) is 3.66. The highest BCUT2D eigenvalue weighted by atomic mass is 16.5. The third-order valence-corrected chi connectivity index (χ3v) is 3.62. The molecule has 1 heterocycles. The van der Waals surface area contributed by atoms with E-state index in [-0.39, 0.29) is 12.0 Å². The lowest BCUT2D eigenvalue weighted by Gasteiger charge is -2.22. The van der Waals surface area contributed by atoms with Gasteiger partial charge in [0.05, 0.1) is 6.10 Å². The molecule has 96 valence electrons. The fourth-order valence-corrected chi connectivity index (χ4v) is 2.21. The van der Waals surface area contributed by atoms with E-state index in [1.165, 1.54) is 6.42 Å². The van der Waals surface area contributed by atoms with E-state index in [0.717, 1.165) is 25.9 Å². The number of carbonyl (C=O) groups is 2. The molecule has 2 aliphatic rings. The molecule has 5 heteroatoms. The SMILES string of the molecule is O=C(O)C1(C(=O)NCCC2CCCCO2)CC1. The zero-order valence-electron chi connectivity index (χ0n) is 9.91. The molecular weight excluding hydrogens is 222 g/mol. The lowest BCUT2D eigenvalue weighted by atomic mass is 10.1. The first-order chi connectivity index (χ1) is 8.15. The lowest BCUT2D eigenvalue weighted by molar-refractivity contribution is -0.149. The highest BCUT2D eigenvalue weighted by molar-refractivity contribution is 6.04. The number of nitrogens with one attached hydrogen (secondary N) is 1. The number of amides is 1. The molecule has 17 heavy (non-hydrogen) atoms. The van der Waals surface area contributed by atoms with Crippen LogP contribution in [0.4, 0.5) is 0 Å². The number of hydrogen-bond acceptors (Lipinski definition) is 3. The van der Waals surface area contributed by atoms with Gasteiger partial charge in [0.25, 0.3) is 0 Å². The Morgan fingerprint density at radius 2 is 2.12 bits per heavy atom. The van der Waals surface area contributed by atoms with Crippen LogP contribution in [0.1, 0.15) is 38.5 Å². The van der Waals surface area contributed by atoms with Crippen molar-refractivity contribution in [3.8, 4) is 0 Å². The van der Waals surface area contributed by atoms with Crippen LogP contribution in [0.5, 0.6) is 0 Å². The molecule has 5 nitrogen and oxygen atoms in total. The Balaban J connectivity index is 1.68. The van der Waals surface area contributed by atoms with Crippen molar-refractivity contribution in [1.29, 1.82) is 0 Å². The largest absolute Gasteiger partial charge is 0.480 e. The molecule has 0 bridgehead atoms. The number of ether oxygens (including phenoxy) is 1. The zero-order valence-corrected chi connectivity index (χ0v) is 9.91. The summed E-state index contributed by atoms with van der Waals surface area (Å²) in [5.74, 6) is -1.33. The number of hydrogen-bond donors (Lipinski definition) is 2. The summed E-state index contributed by atoms with van der Waals surface area (Å²) >= 11 is 0. The maximum Gasteiger partial charge on any atom is 0.319 e. The number of carbonyl (C=O) groups excluding carboxylic acids is 1. The molecule has 1 aliphatic carbocycles. The first kappa shape index (κ1) is 12.4. The third-order valence-electron chi connectivity index (χ3n) is 3.62. The van der Waals surface area contributed by atoms with Crippen LogP contribution in [-0.2, 0) is 14.3 Å². The van der Waals surface area contributed by atoms with Gasteiger partial charge in [-0.1, -0.05) is 0 Å². The second kappa shape index (κ2) is 5.04. The van der Waals surface area contributed by atoms with Gasteiger partial charge < -0.3 is 15.2 Å². The van der Waals surface area contributed by atoms with E-state index in [1.807, 2.05) is 0 Å². The fourth-order valence-electron chi connectivity index (χ4n) is 2.21. The minimum atomic E-state index is -1.12. The van der Waals surface area contributed by atoms with Crippen LogP contribution in [0, 0.1) is 5.41 Å². The van der Waals surface area contributed by atoms with E-state index in [4.69, 9.17) is 9.84 Å².